The molecule has 1 N–H and O–H groups in total. The minimum Gasteiger partial charge on any atom is -0.490 e. The number of rotatable bonds is 7. The quantitative estimate of drug-likeness (QED) is 0.422. The van der Waals surface area contributed by atoms with Crippen molar-refractivity contribution >= 4 is 40.4 Å². The fourth-order valence-corrected chi connectivity index (χ4v) is 3.66. The monoisotopic (exact) mass is 444 g/mol. The fourth-order valence-electron chi connectivity index (χ4n) is 3.66. The highest BCUT2D eigenvalue weighted by molar-refractivity contribution is 6.39. The molecular formula is C26H24N2O5. The van der Waals surface area contributed by atoms with E-state index in [1.54, 1.807) is 18.2 Å². The first-order valence-electron chi connectivity index (χ1n) is 10.8. The van der Waals surface area contributed by atoms with Gasteiger partial charge < -0.3 is 9.47 Å². The van der Waals surface area contributed by atoms with Gasteiger partial charge in [-0.2, -0.15) is 0 Å². The van der Waals surface area contributed by atoms with Crippen LogP contribution in [0.4, 0.5) is 10.5 Å². The van der Waals surface area contributed by atoms with Crippen molar-refractivity contribution in [3.05, 3.63) is 71.8 Å². The van der Waals surface area contributed by atoms with Crippen LogP contribution in [-0.4, -0.2) is 31.1 Å². The van der Waals surface area contributed by atoms with E-state index in [2.05, 4.69) is 5.32 Å². The topological polar surface area (TPSA) is 84.9 Å². The third-order valence-corrected chi connectivity index (χ3v) is 5.17. The Balaban J connectivity index is 1.74. The molecule has 0 atom stereocenters. The molecule has 7 heteroatoms. The van der Waals surface area contributed by atoms with E-state index in [1.165, 1.54) is 6.08 Å². The van der Waals surface area contributed by atoms with Gasteiger partial charge in [-0.05, 0) is 47.9 Å². The smallest absolute Gasteiger partial charge is 0.335 e. The Morgan fingerprint density at radius 3 is 2.48 bits per heavy atom. The number of amides is 4. The molecule has 4 rings (SSSR count). The summed E-state index contributed by atoms with van der Waals surface area (Å²) in [5.74, 6) is -0.501. The van der Waals surface area contributed by atoms with E-state index in [1.807, 2.05) is 56.3 Å². The van der Waals surface area contributed by atoms with Crippen LogP contribution in [0.5, 0.6) is 11.5 Å². The van der Waals surface area contributed by atoms with Gasteiger partial charge in [-0.15, -0.1) is 0 Å². The average Bonchev–Trinajstić information content (AvgIpc) is 2.81. The van der Waals surface area contributed by atoms with E-state index in [0.29, 0.717) is 30.3 Å². The van der Waals surface area contributed by atoms with Gasteiger partial charge in [0.1, 0.15) is 5.57 Å². The van der Waals surface area contributed by atoms with Gasteiger partial charge in [-0.1, -0.05) is 49.4 Å². The molecule has 7 nitrogen and oxygen atoms in total. The summed E-state index contributed by atoms with van der Waals surface area (Å²) >= 11 is 0. The van der Waals surface area contributed by atoms with E-state index >= 15 is 0 Å². The molecule has 0 saturated carbocycles. The molecule has 0 aromatic heterocycles. The van der Waals surface area contributed by atoms with Gasteiger partial charge in [0.15, 0.2) is 11.5 Å². The highest BCUT2D eigenvalue weighted by Gasteiger charge is 2.37. The van der Waals surface area contributed by atoms with Gasteiger partial charge in [0.2, 0.25) is 0 Å². The summed E-state index contributed by atoms with van der Waals surface area (Å²) < 4.78 is 11.4. The zero-order valence-corrected chi connectivity index (χ0v) is 18.5. The number of hydrogen-bond acceptors (Lipinski definition) is 5. The predicted octanol–water partition coefficient (Wildman–Crippen LogP) is 4.69. The number of urea groups is 1. The van der Waals surface area contributed by atoms with Gasteiger partial charge >= 0.3 is 6.03 Å². The molecule has 33 heavy (non-hydrogen) atoms. The van der Waals surface area contributed by atoms with Crippen LogP contribution in [0.25, 0.3) is 16.8 Å². The minimum atomic E-state index is -0.815. The van der Waals surface area contributed by atoms with Gasteiger partial charge in [0, 0.05) is 6.07 Å². The van der Waals surface area contributed by atoms with Crippen molar-refractivity contribution in [1.29, 1.82) is 0 Å². The molecule has 0 bridgehead atoms. The first-order chi connectivity index (χ1) is 16.0. The third-order valence-electron chi connectivity index (χ3n) is 5.17. The van der Waals surface area contributed by atoms with Crippen LogP contribution >= 0.6 is 0 Å². The fraction of sp³-hybridized carbons (Fsp3) is 0.192. The summed E-state index contributed by atoms with van der Waals surface area (Å²) in [5.41, 5.74) is 0.857. The Hall–Kier alpha value is -4.13. The number of benzene rings is 3. The lowest BCUT2D eigenvalue weighted by Crippen LogP contribution is -2.54. The number of barbiturate groups is 1. The number of anilines is 1. The largest absolute Gasteiger partial charge is 0.490 e. The third kappa shape index (κ3) is 4.43. The molecule has 1 heterocycles. The maximum atomic E-state index is 13.3. The molecule has 1 aliphatic heterocycles. The second-order valence-corrected chi connectivity index (χ2v) is 7.44. The van der Waals surface area contributed by atoms with Crippen LogP contribution in [0.3, 0.4) is 0 Å². The summed E-state index contributed by atoms with van der Waals surface area (Å²) in [7, 11) is 0. The zero-order chi connectivity index (χ0) is 23.4. The highest BCUT2D eigenvalue weighted by Crippen LogP contribution is 2.34. The van der Waals surface area contributed by atoms with E-state index in [0.717, 1.165) is 22.1 Å². The van der Waals surface area contributed by atoms with Crippen LogP contribution < -0.4 is 19.7 Å². The lowest BCUT2D eigenvalue weighted by Gasteiger charge is -2.27. The van der Waals surface area contributed by atoms with Crippen molar-refractivity contribution in [2.24, 2.45) is 0 Å². The molecule has 0 unspecified atom stereocenters. The summed E-state index contributed by atoms with van der Waals surface area (Å²) in [6, 6.07) is 17.3. The highest BCUT2D eigenvalue weighted by atomic mass is 16.5. The van der Waals surface area contributed by atoms with Crippen molar-refractivity contribution in [1.82, 2.24) is 5.32 Å². The first kappa shape index (κ1) is 22.1. The number of ether oxygens (including phenoxy) is 2. The Bertz CT molecular complexity index is 1260. The van der Waals surface area contributed by atoms with E-state index in [9.17, 15) is 14.4 Å². The van der Waals surface area contributed by atoms with Crippen molar-refractivity contribution in [2.75, 3.05) is 18.1 Å². The number of nitrogens with one attached hydrogen (secondary N) is 1. The predicted molar refractivity (Wildman–Crippen MR) is 126 cm³/mol. The number of imide groups is 2. The Labute approximate surface area is 191 Å². The molecule has 1 saturated heterocycles. The summed E-state index contributed by atoms with van der Waals surface area (Å²) in [6.45, 7) is 4.72. The molecule has 1 fully saturated rings. The van der Waals surface area contributed by atoms with Crippen molar-refractivity contribution in [2.45, 2.75) is 20.3 Å². The molecular weight excluding hydrogens is 420 g/mol. The van der Waals surface area contributed by atoms with Gasteiger partial charge in [-0.25, -0.2) is 9.69 Å². The minimum absolute atomic E-state index is 0.129. The maximum Gasteiger partial charge on any atom is 0.335 e. The van der Waals surface area contributed by atoms with Crippen LogP contribution in [0, 0.1) is 0 Å². The molecule has 168 valence electrons. The van der Waals surface area contributed by atoms with Crippen LogP contribution in [-0.2, 0) is 9.59 Å². The average molecular weight is 444 g/mol. The Morgan fingerprint density at radius 1 is 0.909 bits per heavy atom. The number of fused-ring (bicyclic) bond motifs is 1. The van der Waals surface area contributed by atoms with Gasteiger partial charge in [0.05, 0.1) is 18.9 Å². The molecule has 0 spiro atoms. The SMILES string of the molecule is CCCOc1ccc(N2C(=O)NC(=O)/C(=C\c3cccc4ccccc34)C2=O)cc1OCC. The van der Waals surface area contributed by atoms with Crippen molar-refractivity contribution in [3.63, 3.8) is 0 Å². The number of hydrogen-bond donors (Lipinski definition) is 1. The molecule has 3 aromatic carbocycles. The van der Waals surface area contributed by atoms with Crippen LogP contribution in [0.15, 0.2) is 66.2 Å². The Morgan fingerprint density at radius 2 is 1.70 bits per heavy atom. The molecule has 1 aliphatic rings. The van der Waals surface area contributed by atoms with E-state index in [-0.39, 0.29) is 11.3 Å². The standard InChI is InChI=1S/C26H24N2O5/c1-3-14-33-22-13-12-19(16-23(22)32-4-2)28-25(30)21(24(29)27-26(28)31)15-18-10-7-9-17-8-5-6-11-20(17)18/h5-13,15-16H,3-4,14H2,1-2H3,(H,27,29,31)/b21-15+. The molecule has 3 aromatic rings. The maximum absolute atomic E-state index is 13.3. The molecule has 4 amide bonds. The summed E-state index contributed by atoms with van der Waals surface area (Å²) in [6.07, 6.45) is 2.34. The zero-order valence-electron chi connectivity index (χ0n) is 18.5. The summed E-state index contributed by atoms with van der Waals surface area (Å²) in [5, 5.41) is 4.14. The lowest BCUT2D eigenvalue weighted by atomic mass is 10.0. The lowest BCUT2D eigenvalue weighted by molar-refractivity contribution is -0.122. The van der Waals surface area contributed by atoms with Crippen LogP contribution in [0.2, 0.25) is 0 Å². The number of nitrogens with zero attached hydrogens (tertiary/aromatic N) is 1. The van der Waals surface area contributed by atoms with Crippen LogP contribution in [0.1, 0.15) is 25.8 Å². The number of carbonyl (C=O) groups excluding carboxylic acids is 3. The van der Waals surface area contributed by atoms with E-state index < -0.39 is 17.8 Å². The van der Waals surface area contributed by atoms with E-state index in [4.69, 9.17) is 9.47 Å². The molecule has 0 radical (unpaired) electrons. The Kier molecular flexibility index (Phi) is 6.40. The normalized spacial score (nSPS) is 15.2. The summed E-state index contributed by atoms with van der Waals surface area (Å²) in [4.78, 5) is 39.5. The van der Waals surface area contributed by atoms with Gasteiger partial charge in [-0.3, -0.25) is 14.9 Å². The van der Waals surface area contributed by atoms with Gasteiger partial charge in [0.25, 0.3) is 11.8 Å². The van der Waals surface area contributed by atoms with Crippen molar-refractivity contribution < 1.29 is 23.9 Å². The number of carbonyl (C=O) groups is 3. The second kappa shape index (κ2) is 9.56. The second-order valence-electron chi connectivity index (χ2n) is 7.44. The van der Waals surface area contributed by atoms with Crippen molar-refractivity contribution in [3.8, 4) is 11.5 Å². The first-order valence-corrected chi connectivity index (χ1v) is 10.8. The molecule has 0 aliphatic carbocycles.